The van der Waals surface area contributed by atoms with Crippen LogP contribution in [0.2, 0.25) is 0 Å². The molecule has 0 radical (unpaired) electrons. The molecule has 0 saturated heterocycles. The molecule has 3 rings (SSSR count). The van der Waals surface area contributed by atoms with E-state index in [9.17, 15) is 0 Å². The zero-order valence-electron chi connectivity index (χ0n) is 13.6. The number of methoxy groups -OCH3 is 2. The molecule has 0 aliphatic carbocycles. The van der Waals surface area contributed by atoms with Gasteiger partial charge in [-0.25, -0.2) is 0 Å². The third-order valence-corrected chi connectivity index (χ3v) is 8.63. The fourth-order valence-corrected chi connectivity index (χ4v) is 6.60. The number of hydrogen-bond donors (Lipinski definition) is 0. The van der Waals surface area contributed by atoms with Crippen molar-refractivity contribution in [3.63, 3.8) is 0 Å². The third kappa shape index (κ3) is 4.43. The Balaban J connectivity index is 1.78. The number of rotatable bonds is 6. The van der Waals surface area contributed by atoms with Crippen LogP contribution < -0.4 is 27.3 Å². The van der Waals surface area contributed by atoms with Crippen molar-refractivity contribution in [3.8, 4) is 11.5 Å². The van der Waals surface area contributed by atoms with Crippen molar-refractivity contribution in [2.75, 3.05) is 14.2 Å². The molecule has 0 aromatic heterocycles. The van der Waals surface area contributed by atoms with E-state index in [4.69, 9.17) is 9.47 Å². The van der Waals surface area contributed by atoms with Gasteiger partial charge in [-0.15, -0.1) is 0 Å². The summed E-state index contributed by atoms with van der Waals surface area (Å²) in [5.74, 6) is 1.82. The molecule has 0 bridgehead atoms. The van der Waals surface area contributed by atoms with Gasteiger partial charge in [0.1, 0.15) is 0 Å². The Morgan fingerprint density at radius 1 is 0.542 bits per heavy atom. The predicted molar refractivity (Wildman–Crippen MR) is 102 cm³/mol. The Morgan fingerprint density at radius 3 is 1.25 bits per heavy atom. The second-order valence-electron chi connectivity index (χ2n) is 5.00. The zero-order valence-corrected chi connectivity index (χ0v) is 17.0. The first-order chi connectivity index (χ1) is 11.8. The van der Waals surface area contributed by atoms with Crippen molar-refractivity contribution in [3.05, 3.63) is 72.8 Å². The summed E-state index contributed by atoms with van der Waals surface area (Å²) >= 11 is 0.605. The van der Waals surface area contributed by atoms with Crippen LogP contribution in [-0.2, 0) is 0 Å². The van der Waals surface area contributed by atoms with E-state index in [1.54, 1.807) is 14.2 Å². The second-order valence-corrected chi connectivity index (χ2v) is 9.68. The average Bonchev–Trinajstić information content (AvgIpc) is 2.64. The first kappa shape index (κ1) is 17.1. The van der Waals surface area contributed by atoms with E-state index in [1.165, 1.54) is 17.8 Å². The van der Waals surface area contributed by atoms with Gasteiger partial charge in [0.2, 0.25) is 0 Å². The molecule has 122 valence electrons. The fourth-order valence-electron chi connectivity index (χ4n) is 2.16. The summed E-state index contributed by atoms with van der Waals surface area (Å²) in [5, 5.41) is 0. The molecule has 0 atom stereocenters. The van der Waals surface area contributed by atoms with Crippen molar-refractivity contribution in [2.45, 2.75) is 0 Å². The van der Waals surface area contributed by atoms with Gasteiger partial charge in [-0.2, -0.15) is 0 Å². The molecule has 0 unspecified atom stereocenters. The first-order valence-electron chi connectivity index (χ1n) is 7.51. The van der Waals surface area contributed by atoms with Crippen LogP contribution in [0.15, 0.2) is 72.8 Å². The van der Waals surface area contributed by atoms with Crippen LogP contribution in [0.1, 0.15) is 0 Å². The molecular formula is C20H18O2Se2. The number of benzene rings is 3. The molecule has 0 fully saturated rings. The van der Waals surface area contributed by atoms with Crippen LogP contribution in [0.25, 0.3) is 0 Å². The van der Waals surface area contributed by atoms with E-state index < -0.39 is 0 Å². The van der Waals surface area contributed by atoms with Crippen molar-refractivity contribution in [1.82, 2.24) is 0 Å². The van der Waals surface area contributed by atoms with Crippen molar-refractivity contribution in [1.29, 1.82) is 0 Å². The Kier molecular flexibility index (Phi) is 6.01. The van der Waals surface area contributed by atoms with E-state index in [0.29, 0.717) is 29.9 Å². The Hall–Kier alpha value is -1.70. The van der Waals surface area contributed by atoms with Crippen molar-refractivity contribution in [2.24, 2.45) is 0 Å². The molecule has 3 aromatic rings. The van der Waals surface area contributed by atoms with E-state index in [1.807, 2.05) is 24.3 Å². The quantitative estimate of drug-likeness (QED) is 0.525. The summed E-state index contributed by atoms with van der Waals surface area (Å²) in [7, 11) is 3.40. The summed E-state index contributed by atoms with van der Waals surface area (Å²) in [6.07, 6.45) is 0. The van der Waals surface area contributed by atoms with Gasteiger partial charge < -0.3 is 0 Å². The van der Waals surface area contributed by atoms with E-state index in [2.05, 4.69) is 48.5 Å². The minimum atomic E-state index is 0.303. The van der Waals surface area contributed by atoms with Gasteiger partial charge in [0.15, 0.2) is 0 Å². The number of hydrogen-bond acceptors (Lipinski definition) is 2. The Labute approximate surface area is 155 Å². The van der Waals surface area contributed by atoms with Gasteiger partial charge in [0.25, 0.3) is 0 Å². The standard InChI is InChI=1S/C20H18O2Se2/c1-21-15-7-11-17(12-8-15)23-19-5-3-4-6-20(19)24-18-13-9-16(22-2)10-14-18/h3-14H,1-2H3. The van der Waals surface area contributed by atoms with Crippen LogP contribution in [0.3, 0.4) is 0 Å². The Morgan fingerprint density at radius 2 is 0.917 bits per heavy atom. The summed E-state index contributed by atoms with van der Waals surface area (Å²) in [6.45, 7) is 0. The van der Waals surface area contributed by atoms with Crippen molar-refractivity contribution < 1.29 is 9.47 Å². The Bertz CT molecular complexity index is 715. The van der Waals surface area contributed by atoms with Gasteiger partial charge >= 0.3 is 156 Å². The van der Waals surface area contributed by atoms with Crippen LogP contribution >= 0.6 is 0 Å². The molecule has 0 aliphatic heterocycles. The molecule has 0 spiro atoms. The number of ether oxygens (including phenoxy) is 2. The van der Waals surface area contributed by atoms with Crippen LogP contribution in [0.4, 0.5) is 0 Å². The maximum atomic E-state index is 5.24. The van der Waals surface area contributed by atoms with Crippen LogP contribution in [0, 0.1) is 0 Å². The molecule has 0 N–H and O–H groups in total. The zero-order chi connectivity index (χ0) is 16.8. The maximum absolute atomic E-state index is 5.24. The fraction of sp³-hybridized carbons (Fsp3) is 0.100. The topological polar surface area (TPSA) is 18.5 Å². The monoisotopic (exact) mass is 450 g/mol. The average molecular weight is 448 g/mol. The van der Waals surface area contributed by atoms with E-state index >= 15 is 0 Å². The molecule has 4 heteroatoms. The van der Waals surface area contributed by atoms with Gasteiger partial charge in [-0.05, 0) is 0 Å². The van der Waals surface area contributed by atoms with Gasteiger partial charge in [-0.1, -0.05) is 0 Å². The molecule has 0 heterocycles. The summed E-state index contributed by atoms with van der Waals surface area (Å²) in [5.41, 5.74) is 0. The molecular weight excluding hydrogens is 430 g/mol. The normalized spacial score (nSPS) is 10.4. The molecule has 0 aliphatic rings. The van der Waals surface area contributed by atoms with Gasteiger partial charge in [0.05, 0.1) is 0 Å². The summed E-state index contributed by atoms with van der Waals surface area (Å²) < 4.78 is 16.1. The van der Waals surface area contributed by atoms with E-state index in [0.717, 1.165) is 11.5 Å². The van der Waals surface area contributed by atoms with Crippen molar-refractivity contribution >= 4 is 47.8 Å². The minimum absolute atomic E-state index is 0.303. The molecule has 24 heavy (non-hydrogen) atoms. The first-order valence-corrected chi connectivity index (χ1v) is 10.9. The van der Waals surface area contributed by atoms with Gasteiger partial charge in [-0.3, -0.25) is 0 Å². The second kappa shape index (κ2) is 8.41. The van der Waals surface area contributed by atoms with Crippen LogP contribution in [0.5, 0.6) is 11.5 Å². The molecule has 3 aromatic carbocycles. The summed E-state index contributed by atoms with van der Waals surface area (Å²) in [4.78, 5) is 0. The summed E-state index contributed by atoms with van der Waals surface area (Å²) in [6, 6.07) is 25.6. The SMILES string of the molecule is COc1ccc([Se]c2ccccc2[Se]c2ccc(OC)cc2)cc1. The van der Waals surface area contributed by atoms with Gasteiger partial charge in [0, 0.05) is 0 Å². The molecule has 0 saturated carbocycles. The molecule has 0 amide bonds. The predicted octanol–water partition coefficient (Wildman–Crippen LogP) is 1.01. The molecule has 2 nitrogen and oxygen atoms in total. The van der Waals surface area contributed by atoms with Crippen LogP contribution in [-0.4, -0.2) is 44.1 Å². The third-order valence-electron chi connectivity index (χ3n) is 3.42. The van der Waals surface area contributed by atoms with E-state index in [-0.39, 0.29) is 0 Å².